The molecule has 4 aromatic rings. The van der Waals surface area contributed by atoms with Gasteiger partial charge in [0.1, 0.15) is 45.9 Å². The Morgan fingerprint density at radius 3 is 2.38 bits per heavy atom. The largest absolute Gasteiger partial charge is 0.573 e. The molecule has 20 heteroatoms. The SMILES string of the molecule is COc1ccc2c(O[C@@H]3C[C@H]4C(=O)N[C@]5(C(=O)NS(=O)(=O)C6(C)CC6)C[C@H]5CCCCCCC[C@H](Nc5ccc(OC(F)(F)F)c(F)c5)C(=O)N4C3)cc(-c3nc(C(C)C)cs3)nc2c1C. The summed E-state index contributed by atoms with van der Waals surface area (Å²) in [4.78, 5) is 55.0. The van der Waals surface area contributed by atoms with E-state index in [9.17, 15) is 40.4 Å². The van der Waals surface area contributed by atoms with Crippen molar-refractivity contribution >= 4 is 55.7 Å². The first kappa shape index (κ1) is 47.3. The van der Waals surface area contributed by atoms with Crippen LogP contribution in [-0.4, -0.2) is 89.5 Å². The van der Waals surface area contributed by atoms with E-state index in [0.29, 0.717) is 71.6 Å². The van der Waals surface area contributed by atoms with Gasteiger partial charge in [-0.3, -0.25) is 19.1 Å². The number of fused-ring (bicyclic) bond motifs is 3. The number of alkyl halides is 3. The normalized spacial score (nSPS) is 24.7. The van der Waals surface area contributed by atoms with E-state index in [-0.39, 0.29) is 43.3 Å². The second-order valence-electron chi connectivity index (χ2n) is 18.5. The first-order chi connectivity index (χ1) is 31.2. The zero-order chi connectivity index (χ0) is 47.3. The zero-order valence-electron chi connectivity index (χ0n) is 37.3. The maximum atomic E-state index is 15.0. The summed E-state index contributed by atoms with van der Waals surface area (Å²) in [6.45, 7) is 7.42. The summed E-state index contributed by atoms with van der Waals surface area (Å²) in [6.07, 6.45) is -0.646. The van der Waals surface area contributed by atoms with Gasteiger partial charge < -0.3 is 29.7 Å². The molecule has 4 aliphatic rings. The Morgan fingerprint density at radius 1 is 1.00 bits per heavy atom. The number of aromatic nitrogens is 2. The highest BCUT2D eigenvalue weighted by molar-refractivity contribution is 7.91. The van der Waals surface area contributed by atoms with Gasteiger partial charge in [-0.1, -0.05) is 46.0 Å². The summed E-state index contributed by atoms with van der Waals surface area (Å²) in [7, 11) is -2.49. The maximum Gasteiger partial charge on any atom is 0.573 e. The van der Waals surface area contributed by atoms with Crippen LogP contribution in [0.2, 0.25) is 0 Å². The van der Waals surface area contributed by atoms with Gasteiger partial charge in [-0.25, -0.2) is 22.8 Å². The molecule has 14 nitrogen and oxygen atoms in total. The molecule has 0 spiro atoms. The molecular formula is C46H54F4N6O8S2. The summed E-state index contributed by atoms with van der Waals surface area (Å²) in [5.74, 6) is -3.56. The van der Waals surface area contributed by atoms with Crippen molar-refractivity contribution in [2.45, 2.75) is 139 Å². The monoisotopic (exact) mass is 958 g/mol. The number of sulfonamides is 1. The molecule has 0 radical (unpaired) electrons. The van der Waals surface area contributed by atoms with E-state index in [4.69, 9.17) is 19.4 Å². The van der Waals surface area contributed by atoms with Crippen molar-refractivity contribution in [2.24, 2.45) is 5.92 Å². The minimum Gasteiger partial charge on any atom is -0.496 e. The molecule has 2 aliphatic heterocycles. The number of anilines is 1. The average molecular weight is 959 g/mol. The van der Waals surface area contributed by atoms with Gasteiger partial charge in [0.15, 0.2) is 11.6 Å². The number of ether oxygens (including phenoxy) is 3. The van der Waals surface area contributed by atoms with Crippen LogP contribution in [0, 0.1) is 18.7 Å². The minimum absolute atomic E-state index is 0.0118. The van der Waals surface area contributed by atoms with Crippen molar-refractivity contribution in [3.8, 4) is 28.0 Å². The van der Waals surface area contributed by atoms with Crippen LogP contribution in [0.25, 0.3) is 21.6 Å². The molecule has 2 aliphatic carbocycles. The standard InChI is InChI=1S/C46H54F4N6O8S2/c1-25(2)34-24-65-41(53-34)33-21-38(30-14-16-36(62-5)26(3)39(30)52-33)63-29-20-35-40(57)54-45(43(59)55-66(60,61)44(4)17-18-44)22-27(45)11-9-7-6-8-10-12-32(42(58)56(35)23-29)51-28-13-15-37(31(47)19-28)64-46(48,49)50/h13-16,19,21,24-25,27,29,32,35,51H,6-12,17-18,20,22-23H2,1-5H3,(H,54,57)(H,55,59)/t27-,29-,32+,35+,45-/m1/s1. The molecule has 2 saturated heterocycles. The molecule has 2 aromatic heterocycles. The summed E-state index contributed by atoms with van der Waals surface area (Å²) in [5.41, 5.74) is 1.26. The number of nitrogens with zero attached hydrogens (tertiary/aromatic N) is 3. The molecule has 5 atom stereocenters. The molecule has 3 amide bonds. The number of thiazole rings is 1. The Labute approximate surface area is 384 Å². The number of halogens is 4. The van der Waals surface area contributed by atoms with Crippen molar-refractivity contribution < 1.29 is 54.6 Å². The summed E-state index contributed by atoms with van der Waals surface area (Å²) >= 11 is 1.43. The van der Waals surface area contributed by atoms with Crippen molar-refractivity contribution in [3.63, 3.8) is 0 Å². The number of hydrogen-bond donors (Lipinski definition) is 3. The zero-order valence-corrected chi connectivity index (χ0v) is 39.0. The molecular weight excluding hydrogens is 905 g/mol. The fourth-order valence-electron chi connectivity index (χ4n) is 9.01. The number of nitrogens with one attached hydrogen (secondary N) is 3. The number of carbonyl (C=O) groups excluding carboxylic acids is 3. The van der Waals surface area contributed by atoms with Crippen LogP contribution in [0.5, 0.6) is 17.2 Å². The van der Waals surface area contributed by atoms with Crippen molar-refractivity contribution in [1.29, 1.82) is 0 Å². The molecule has 2 saturated carbocycles. The molecule has 2 aromatic carbocycles. The fourth-order valence-corrected chi connectivity index (χ4v) is 11.3. The Bertz CT molecular complexity index is 2640. The number of carbonyl (C=O) groups is 3. The second kappa shape index (κ2) is 18.1. The van der Waals surface area contributed by atoms with E-state index in [1.54, 1.807) is 26.2 Å². The van der Waals surface area contributed by atoms with Gasteiger partial charge in [-0.15, -0.1) is 24.5 Å². The van der Waals surface area contributed by atoms with Crippen LogP contribution >= 0.6 is 11.3 Å². The third-order valence-corrected chi connectivity index (χ3v) is 16.4. The molecule has 8 rings (SSSR count). The first-order valence-electron chi connectivity index (χ1n) is 22.3. The number of rotatable bonds is 11. The number of pyridine rings is 1. The molecule has 66 heavy (non-hydrogen) atoms. The van der Waals surface area contributed by atoms with E-state index < -0.39 is 74.1 Å². The number of aryl methyl sites for hydroxylation is 1. The number of amides is 3. The highest BCUT2D eigenvalue weighted by atomic mass is 32.2. The van der Waals surface area contributed by atoms with Gasteiger partial charge >= 0.3 is 6.36 Å². The van der Waals surface area contributed by atoms with E-state index >= 15 is 0 Å². The van der Waals surface area contributed by atoms with Crippen molar-refractivity contribution in [1.82, 2.24) is 24.9 Å². The van der Waals surface area contributed by atoms with Gasteiger partial charge in [0.05, 0.1) is 29.6 Å². The Hall–Kier alpha value is -5.24. The van der Waals surface area contributed by atoms with Crippen LogP contribution in [0.1, 0.15) is 109 Å². The molecule has 0 unspecified atom stereocenters. The summed E-state index contributed by atoms with van der Waals surface area (Å²) in [5, 5.41) is 9.21. The van der Waals surface area contributed by atoms with Crippen LogP contribution in [0.4, 0.5) is 23.2 Å². The number of hydrogen-bond acceptors (Lipinski definition) is 12. The van der Waals surface area contributed by atoms with Gasteiger partial charge in [-0.05, 0) is 82.1 Å². The second-order valence-corrected chi connectivity index (χ2v) is 21.5. The average Bonchev–Trinajstić information content (AvgIpc) is 4.03. The van der Waals surface area contributed by atoms with Crippen LogP contribution in [0.15, 0.2) is 41.8 Å². The van der Waals surface area contributed by atoms with Crippen molar-refractivity contribution in [2.75, 3.05) is 19.0 Å². The van der Waals surface area contributed by atoms with Crippen molar-refractivity contribution in [3.05, 3.63) is 58.9 Å². The predicted molar refractivity (Wildman–Crippen MR) is 239 cm³/mol. The minimum atomic E-state index is -5.13. The number of benzene rings is 2. The molecule has 356 valence electrons. The quantitative estimate of drug-likeness (QED) is 0.123. The lowest BCUT2D eigenvalue weighted by molar-refractivity contribution is -0.275. The van der Waals surface area contributed by atoms with E-state index in [1.165, 1.54) is 22.3 Å². The lowest BCUT2D eigenvalue weighted by Gasteiger charge is -2.30. The maximum absolute atomic E-state index is 15.0. The molecule has 0 bridgehead atoms. The Morgan fingerprint density at radius 2 is 1.71 bits per heavy atom. The number of methoxy groups -OCH3 is 1. The van der Waals surface area contributed by atoms with E-state index in [1.807, 2.05) is 32.2 Å². The smallest absolute Gasteiger partial charge is 0.496 e. The third-order valence-electron chi connectivity index (χ3n) is 13.4. The first-order valence-corrected chi connectivity index (χ1v) is 24.7. The van der Waals surface area contributed by atoms with Crippen LogP contribution in [-0.2, 0) is 24.4 Å². The molecule has 4 fully saturated rings. The van der Waals surface area contributed by atoms with Crippen LogP contribution < -0.4 is 29.6 Å². The third kappa shape index (κ3) is 9.76. The molecule has 3 N–H and O–H groups in total. The van der Waals surface area contributed by atoms with Crippen LogP contribution in [0.3, 0.4) is 0 Å². The van der Waals surface area contributed by atoms with Gasteiger partial charge in [0.25, 0.3) is 5.91 Å². The van der Waals surface area contributed by atoms with Gasteiger partial charge in [0, 0.05) is 40.6 Å². The van der Waals surface area contributed by atoms with Gasteiger partial charge in [0.2, 0.25) is 21.8 Å². The van der Waals surface area contributed by atoms with Gasteiger partial charge in [-0.2, -0.15) is 0 Å². The van der Waals surface area contributed by atoms with E-state index in [0.717, 1.165) is 36.2 Å². The highest BCUT2D eigenvalue weighted by Gasteiger charge is 2.63. The summed E-state index contributed by atoms with van der Waals surface area (Å²) in [6, 6.07) is 5.89. The molecule has 4 heterocycles. The fraction of sp³-hybridized carbons (Fsp3) is 0.543. The topological polar surface area (TPSA) is 178 Å². The summed E-state index contributed by atoms with van der Waals surface area (Å²) < 4.78 is 98.0. The predicted octanol–water partition coefficient (Wildman–Crippen LogP) is 8.28. The highest BCUT2D eigenvalue weighted by Crippen LogP contribution is 2.49. The lowest BCUT2D eigenvalue weighted by atomic mass is 10.0. The lowest BCUT2D eigenvalue weighted by Crippen LogP contribution is -2.58. The van der Waals surface area contributed by atoms with E-state index in [2.05, 4.69) is 20.1 Å². The Balaban J connectivity index is 1.15. The Kier molecular flexibility index (Phi) is 13.0.